The van der Waals surface area contributed by atoms with E-state index in [1.54, 1.807) is 12.1 Å². The molecule has 0 bridgehead atoms. The van der Waals surface area contributed by atoms with Crippen LogP contribution in [-0.2, 0) is 11.0 Å². The lowest BCUT2D eigenvalue weighted by atomic mass is 10.2. The molecule has 1 aromatic heterocycles. The number of hydrogen-bond acceptors (Lipinski definition) is 4. The maximum atomic E-state index is 12.4. The number of nitrogens with one attached hydrogen (secondary N) is 1. The molecule has 140 valence electrons. The van der Waals surface area contributed by atoms with Crippen molar-refractivity contribution >= 4 is 34.6 Å². The fourth-order valence-corrected chi connectivity index (χ4v) is 3.01. The lowest BCUT2D eigenvalue weighted by Gasteiger charge is -2.10. The monoisotopic (exact) mass is 405 g/mol. The van der Waals surface area contributed by atoms with Gasteiger partial charge in [-0.25, -0.2) is 0 Å². The molecule has 2 rings (SSSR count). The average Bonchev–Trinajstić information content (AvgIpc) is 3.03. The first-order valence-electron chi connectivity index (χ1n) is 7.61. The zero-order valence-electron chi connectivity index (χ0n) is 13.4. The summed E-state index contributed by atoms with van der Waals surface area (Å²) in [7, 11) is 0. The molecule has 0 aliphatic heterocycles. The number of Topliss-reactive ketones (excluding diaryl/α,β-unsaturated/α-hetero) is 1. The zero-order valence-corrected chi connectivity index (χ0v) is 15.0. The smallest absolute Gasteiger partial charge is 0.416 e. The number of amides is 1. The van der Waals surface area contributed by atoms with Crippen molar-refractivity contribution < 1.29 is 27.5 Å². The van der Waals surface area contributed by atoms with Crippen molar-refractivity contribution in [2.75, 3.05) is 13.2 Å². The SMILES string of the molecule is O=C(CCC(=O)c1ccc(Cl)s1)NCCOc1ccc(C(F)(F)F)cc1. The van der Waals surface area contributed by atoms with Crippen LogP contribution in [0.25, 0.3) is 0 Å². The molecule has 1 amide bonds. The van der Waals surface area contributed by atoms with E-state index < -0.39 is 11.7 Å². The molecular weight excluding hydrogens is 391 g/mol. The quantitative estimate of drug-likeness (QED) is 0.516. The first kappa shape index (κ1) is 20.3. The standard InChI is InChI=1S/C17H15ClF3NO3S/c18-15-7-6-14(26-15)13(23)5-8-16(24)22-9-10-25-12-3-1-11(2-4-12)17(19,20)21/h1-4,6-7H,5,8-10H2,(H,22,24). The van der Waals surface area contributed by atoms with E-state index in [1.165, 1.54) is 12.1 Å². The van der Waals surface area contributed by atoms with Gasteiger partial charge in [0.25, 0.3) is 0 Å². The van der Waals surface area contributed by atoms with Crippen LogP contribution in [0.4, 0.5) is 13.2 Å². The Morgan fingerprint density at radius 1 is 1.08 bits per heavy atom. The molecule has 0 unspecified atom stereocenters. The number of ether oxygens (including phenoxy) is 1. The summed E-state index contributed by atoms with van der Waals surface area (Å²) in [6, 6.07) is 7.53. The van der Waals surface area contributed by atoms with Crippen LogP contribution in [0.3, 0.4) is 0 Å². The number of carbonyl (C=O) groups is 2. The van der Waals surface area contributed by atoms with Crippen LogP contribution < -0.4 is 10.1 Å². The van der Waals surface area contributed by atoms with Gasteiger partial charge in [-0.15, -0.1) is 11.3 Å². The number of halogens is 4. The molecular formula is C17H15ClF3NO3S. The van der Waals surface area contributed by atoms with E-state index in [4.69, 9.17) is 16.3 Å². The van der Waals surface area contributed by atoms with E-state index in [0.717, 1.165) is 23.5 Å². The fourth-order valence-electron chi connectivity index (χ4n) is 2.00. The minimum atomic E-state index is -4.39. The Hall–Kier alpha value is -2.06. The Kier molecular flexibility index (Phi) is 7.05. The number of rotatable bonds is 8. The highest BCUT2D eigenvalue weighted by atomic mass is 35.5. The second-order valence-corrected chi connectivity index (χ2v) is 6.96. The van der Waals surface area contributed by atoms with Gasteiger partial charge in [-0.05, 0) is 36.4 Å². The average molecular weight is 406 g/mol. The predicted octanol–water partition coefficient (Wildman–Crippen LogP) is 4.58. The van der Waals surface area contributed by atoms with Crippen molar-refractivity contribution in [3.63, 3.8) is 0 Å². The van der Waals surface area contributed by atoms with Gasteiger partial charge in [-0.1, -0.05) is 11.6 Å². The van der Waals surface area contributed by atoms with Crippen molar-refractivity contribution in [1.82, 2.24) is 5.32 Å². The topological polar surface area (TPSA) is 55.4 Å². The molecule has 0 spiro atoms. The Morgan fingerprint density at radius 2 is 1.77 bits per heavy atom. The predicted molar refractivity (Wildman–Crippen MR) is 92.8 cm³/mol. The first-order chi connectivity index (χ1) is 12.3. The largest absolute Gasteiger partial charge is 0.492 e. The van der Waals surface area contributed by atoms with E-state index in [2.05, 4.69) is 5.32 Å². The summed E-state index contributed by atoms with van der Waals surface area (Å²) in [5.41, 5.74) is -0.755. The summed E-state index contributed by atoms with van der Waals surface area (Å²) < 4.78 is 43.1. The second kappa shape index (κ2) is 9.05. The third kappa shape index (κ3) is 6.34. The molecule has 0 saturated carbocycles. The Balaban J connectivity index is 1.65. The minimum Gasteiger partial charge on any atom is -0.492 e. The summed E-state index contributed by atoms with van der Waals surface area (Å²) in [4.78, 5) is 24.0. The number of alkyl halides is 3. The lowest BCUT2D eigenvalue weighted by Crippen LogP contribution is -2.28. The van der Waals surface area contributed by atoms with Crippen molar-refractivity contribution in [3.05, 3.63) is 51.2 Å². The number of thiophene rings is 1. The molecule has 0 radical (unpaired) electrons. The third-order valence-corrected chi connectivity index (χ3v) is 4.57. The molecule has 0 aliphatic carbocycles. The van der Waals surface area contributed by atoms with Gasteiger partial charge in [0.2, 0.25) is 5.91 Å². The van der Waals surface area contributed by atoms with Gasteiger partial charge < -0.3 is 10.1 Å². The molecule has 2 aromatic rings. The van der Waals surface area contributed by atoms with Crippen molar-refractivity contribution in [1.29, 1.82) is 0 Å². The van der Waals surface area contributed by atoms with E-state index >= 15 is 0 Å². The van der Waals surface area contributed by atoms with Crippen molar-refractivity contribution in [2.45, 2.75) is 19.0 Å². The number of benzene rings is 1. The number of hydrogen-bond donors (Lipinski definition) is 1. The van der Waals surface area contributed by atoms with Gasteiger partial charge in [0.05, 0.1) is 21.3 Å². The molecule has 0 fully saturated rings. The first-order valence-corrected chi connectivity index (χ1v) is 8.80. The van der Waals surface area contributed by atoms with Crippen LogP contribution in [0.5, 0.6) is 5.75 Å². The second-order valence-electron chi connectivity index (χ2n) is 5.25. The molecule has 1 aromatic carbocycles. The highest BCUT2D eigenvalue weighted by Crippen LogP contribution is 2.30. The Morgan fingerprint density at radius 3 is 2.35 bits per heavy atom. The summed E-state index contributed by atoms with van der Waals surface area (Å²) in [5, 5.41) is 2.58. The van der Waals surface area contributed by atoms with Crippen LogP contribution in [-0.4, -0.2) is 24.8 Å². The number of ketones is 1. The van der Waals surface area contributed by atoms with Gasteiger partial charge in [-0.3, -0.25) is 9.59 Å². The van der Waals surface area contributed by atoms with Crippen molar-refractivity contribution in [2.24, 2.45) is 0 Å². The summed E-state index contributed by atoms with van der Waals surface area (Å²) in [5.74, 6) is -0.188. The minimum absolute atomic E-state index is 0.0363. The Labute approximate surface area is 156 Å². The molecule has 0 atom stereocenters. The molecule has 9 heteroatoms. The molecule has 1 heterocycles. The summed E-state index contributed by atoms with van der Waals surface area (Å²) in [6.45, 7) is 0.282. The van der Waals surface area contributed by atoms with Crippen molar-refractivity contribution in [3.8, 4) is 5.75 Å². The highest BCUT2D eigenvalue weighted by Gasteiger charge is 2.29. The zero-order chi connectivity index (χ0) is 19.2. The maximum absolute atomic E-state index is 12.4. The van der Waals surface area contributed by atoms with E-state index in [1.807, 2.05) is 0 Å². The van der Waals surface area contributed by atoms with Gasteiger partial charge in [0.15, 0.2) is 5.78 Å². The number of carbonyl (C=O) groups excluding carboxylic acids is 2. The van der Waals surface area contributed by atoms with Crippen LogP contribution in [0, 0.1) is 0 Å². The summed E-state index contributed by atoms with van der Waals surface area (Å²) in [6.07, 6.45) is -4.28. The van der Waals surface area contributed by atoms with Crippen LogP contribution in [0.2, 0.25) is 4.34 Å². The third-order valence-electron chi connectivity index (χ3n) is 3.30. The summed E-state index contributed by atoms with van der Waals surface area (Å²) >= 11 is 6.91. The fraction of sp³-hybridized carbons (Fsp3) is 0.294. The van der Waals surface area contributed by atoms with Gasteiger partial charge in [-0.2, -0.15) is 13.2 Å². The maximum Gasteiger partial charge on any atom is 0.416 e. The molecule has 0 saturated heterocycles. The van der Waals surface area contributed by atoms with Crippen LogP contribution >= 0.6 is 22.9 Å². The van der Waals surface area contributed by atoms with Crippen LogP contribution in [0.15, 0.2) is 36.4 Å². The molecule has 26 heavy (non-hydrogen) atoms. The normalized spacial score (nSPS) is 11.2. The van der Waals surface area contributed by atoms with E-state index in [-0.39, 0.29) is 43.4 Å². The van der Waals surface area contributed by atoms with Crippen LogP contribution in [0.1, 0.15) is 28.1 Å². The highest BCUT2D eigenvalue weighted by molar-refractivity contribution is 7.18. The molecule has 0 aliphatic rings. The van der Waals surface area contributed by atoms with E-state index in [0.29, 0.717) is 9.21 Å². The van der Waals surface area contributed by atoms with Gasteiger partial charge >= 0.3 is 6.18 Å². The van der Waals surface area contributed by atoms with Gasteiger partial charge in [0, 0.05) is 12.8 Å². The lowest BCUT2D eigenvalue weighted by molar-refractivity contribution is -0.137. The molecule has 4 nitrogen and oxygen atoms in total. The van der Waals surface area contributed by atoms with E-state index in [9.17, 15) is 22.8 Å². The molecule has 1 N–H and O–H groups in total. The van der Waals surface area contributed by atoms with Gasteiger partial charge in [0.1, 0.15) is 12.4 Å². The Bertz CT molecular complexity index is 759.